The number of amides is 1. The Balaban J connectivity index is 1.64. The summed E-state index contributed by atoms with van der Waals surface area (Å²) in [4.78, 5) is 16.7. The smallest absolute Gasteiger partial charge is 0.242 e. The zero-order chi connectivity index (χ0) is 19.4. The molecule has 140 valence electrons. The van der Waals surface area contributed by atoms with Gasteiger partial charge in [-0.2, -0.15) is 0 Å². The van der Waals surface area contributed by atoms with Crippen LogP contribution in [0, 0.1) is 0 Å². The van der Waals surface area contributed by atoms with E-state index in [9.17, 15) is 13.2 Å². The highest BCUT2D eigenvalue weighted by Gasteiger charge is 2.17. The molecular formula is C19H19N3O4S. The lowest BCUT2D eigenvalue weighted by molar-refractivity contribution is -0.115. The van der Waals surface area contributed by atoms with Gasteiger partial charge in [-0.05, 0) is 36.4 Å². The fourth-order valence-corrected chi connectivity index (χ4v) is 3.29. The molecule has 1 amide bonds. The second-order valence-corrected chi connectivity index (χ2v) is 8.20. The number of anilines is 1. The van der Waals surface area contributed by atoms with Crippen molar-refractivity contribution in [3.63, 3.8) is 0 Å². The maximum absolute atomic E-state index is 12.2. The summed E-state index contributed by atoms with van der Waals surface area (Å²) in [7, 11) is -0.566. The van der Waals surface area contributed by atoms with Crippen LogP contribution in [0.15, 0.2) is 70.2 Å². The van der Waals surface area contributed by atoms with Crippen LogP contribution in [0.5, 0.6) is 0 Å². The van der Waals surface area contributed by atoms with Crippen LogP contribution in [-0.2, 0) is 21.2 Å². The molecule has 7 nitrogen and oxygen atoms in total. The van der Waals surface area contributed by atoms with Crippen LogP contribution in [-0.4, -0.2) is 37.7 Å². The van der Waals surface area contributed by atoms with Gasteiger partial charge in [-0.1, -0.05) is 18.2 Å². The van der Waals surface area contributed by atoms with E-state index in [1.54, 1.807) is 12.1 Å². The van der Waals surface area contributed by atoms with Crippen molar-refractivity contribution in [3.8, 4) is 11.5 Å². The first kappa shape index (κ1) is 18.8. The minimum absolute atomic E-state index is 0.0497. The Morgan fingerprint density at radius 1 is 1.07 bits per heavy atom. The number of carbonyl (C=O) groups is 1. The summed E-state index contributed by atoms with van der Waals surface area (Å²) < 4.78 is 30.6. The number of oxazole rings is 1. The fourth-order valence-electron chi connectivity index (χ4n) is 2.39. The second-order valence-electron chi connectivity index (χ2n) is 6.05. The lowest BCUT2D eigenvalue weighted by Gasteiger charge is -2.11. The van der Waals surface area contributed by atoms with Gasteiger partial charge >= 0.3 is 0 Å². The summed E-state index contributed by atoms with van der Waals surface area (Å²) in [6.45, 7) is 0. The SMILES string of the molecule is CN(C)S(=O)(=O)c1ccc(NC(=O)Cc2coc(-c3ccccc3)n2)cc1. The van der Waals surface area contributed by atoms with Gasteiger partial charge < -0.3 is 9.73 Å². The Morgan fingerprint density at radius 2 is 1.74 bits per heavy atom. The lowest BCUT2D eigenvalue weighted by atomic mass is 10.2. The number of nitrogens with one attached hydrogen (secondary N) is 1. The van der Waals surface area contributed by atoms with E-state index in [4.69, 9.17) is 4.42 Å². The average molecular weight is 385 g/mol. The van der Waals surface area contributed by atoms with Gasteiger partial charge in [-0.25, -0.2) is 17.7 Å². The van der Waals surface area contributed by atoms with Gasteiger partial charge in [-0.15, -0.1) is 0 Å². The van der Waals surface area contributed by atoms with Gasteiger partial charge in [0.1, 0.15) is 6.26 Å². The minimum atomic E-state index is -3.50. The van der Waals surface area contributed by atoms with Crippen LogP contribution >= 0.6 is 0 Å². The van der Waals surface area contributed by atoms with Crippen molar-refractivity contribution in [1.82, 2.24) is 9.29 Å². The zero-order valence-electron chi connectivity index (χ0n) is 14.9. The Kier molecular flexibility index (Phi) is 5.38. The first-order chi connectivity index (χ1) is 12.9. The van der Waals surface area contributed by atoms with Crippen LogP contribution in [0.25, 0.3) is 11.5 Å². The molecule has 0 saturated carbocycles. The maximum Gasteiger partial charge on any atom is 0.242 e. The molecule has 0 bridgehead atoms. The summed E-state index contributed by atoms with van der Waals surface area (Å²) in [5.74, 6) is 0.183. The topological polar surface area (TPSA) is 92.5 Å². The molecule has 8 heteroatoms. The van der Waals surface area contributed by atoms with E-state index >= 15 is 0 Å². The predicted octanol–water partition coefficient (Wildman–Crippen LogP) is 2.77. The highest BCUT2D eigenvalue weighted by Crippen LogP contribution is 2.19. The summed E-state index contributed by atoms with van der Waals surface area (Å²) in [6.07, 6.45) is 1.50. The molecule has 3 aromatic rings. The van der Waals surface area contributed by atoms with E-state index in [0.29, 0.717) is 17.3 Å². The van der Waals surface area contributed by atoms with E-state index in [0.717, 1.165) is 9.87 Å². The maximum atomic E-state index is 12.2. The van der Waals surface area contributed by atoms with E-state index in [1.165, 1.54) is 32.5 Å². The van der Waals surface area contributed by atoms with Crippen molar-refractivity contribution in [1.29, 1.82) is 0 Å². The normalized spacial score (nSPS) is 11.5. The van der Waals surface area contributed by atoms with Gasteiger partial charge in [-0.3, -0.25) is 4.79 Å². The quantitative estimate of drug-likeness (QED) is 0.704. The van der Waals surface area contributed by atoms with Gasteiger partial charge in [0, 0.05) is 25.3 Å². The Labute approximate surface area is 157 Å². The molecule has 0 fully saturated rings. The van der Waals surface area contributed by atoms with Crippen molar-refractivity contribution in [2.24, 2.45) is 0 Å². The molecular weight excluding hydrogens is 366 g/mol. The monoisotopic (exact) mass is 385 g/mol. The number of aromatic nitrogens is 1. The summed E-state index contributed by atoms with van der Waals surface area (Å²) in [5, 5.41) is 2.72. The Hall–Kier alpha value is -2.97. The third-order valence-electron chi connectivity index (χ3n) is 3.83. The molecule has 27 heavy (non-hydrogen) atoms. The lowest BCUT2D eigenvalue weighted by Crippen LogP contribution is -2.22. The van der Waals surface area contributed by atoms with Crippen molar-refractivity contribution in [3.05, 3.63) is 66.6 Å². The molecule has 0 atom stereocenters. The minimum Gasteiger partial charge on any atom is -0.444 e. The molecule has 0 unspecified atom stereocenters. The first-order valence-corrected chi connectivity index (χ1v) is 9.62. The van der Waals surface area contributed by atoms with Crippen LogP contribution in [0.2, 0.25) is 0 Å². The molecule has 1 heterocycles. The molecule has 0 radical (unpaired) electrons. The van der Waals surface area contributed by atoms with Crippen LogP contribution in [0.1, 0.15) is 5.69 Å². The molecule has 0 aliphatic heterocycles. The second kappa shape index (κ2) is 7.73. The molecule has 2 aromatic carbocycles. The van der Waals surface area contributed by atoms with Gasteiger partial charge in [0.15, 0.2) is 0 Å². The van der Waals surface area contributed by atoms with Gasteiger partial charge in [0.2, 0.25) is 21.8 Å². The molecule has 3 rings (SSSR count). The van der Waals surface area contributed by atoms with Gasteiger partial charge in [0.25, 0.3) is 0 Å². The number of nitrogens with zero attached hydrogens (tertiary/aromatic N) is 2. The highest BCUT2D eigenvalue weighted by molar-refractivity contribution is 7.89. The Morgan fingerprint density at radius 3 is 2.37 bits per heavy atom. The summed E-state index contributed by atoms with van der Waals surface area (Å²) in [6, 6.07) is 15.4. The van der Waals surface area contributed by atoms with Crippen LogP contribution in [0.4, 0.5) is 5.69 Å². The van der Waals surface area contributed by atoms with Crippen LogP contribution < -0.4 is 5.32 Å². The molecule has 1 aromatic heterocycles. The number of benzene rings is 2. The van der Waals surface area contributed by atoms with Crippen molar-refractivity contribution in [2.45, 2.75) is 11.3 Å². The Bertz CT molecular complexity index is 1030. The molecule has 0 saturated heterocycles. The number of sulfonamides is 1. The number of hydrogen-bond acceptors (Lipinski definition) is 5. The van der Waals surface area contributed by atoms with Gasteiger partial charge in [0.05, 0.1) is 17.0 Å². The molecule has 0 spiro atoms. The van der Waals surface area contributed by atoms with Crippen molar-refractivity contribution in [2.75, 3.05) is 19.4 Å². The third-order valence-corrected chi connectivity index (χ3v) is 5.66. The number of hydrogen-bond donors (Lipinski definition) is 1. The van der Waals surface area contributed by atoms with Crippen molar-refractivity contribution >= 4 is 21.6 Å². The predicted molar refractivity (Wildman–Crippen MR) is 102 cm³/mol. The highest BCUT2D eigenvalue weighted by atomic mass is 32.2. The molecule has 1 N–H and O–H groups in total. The summed E-state index contributed by atoms with van der Waals surface area (Å²) in [5.41, 5.74) is 1.85. The average Bonchev–Trinajstić information content (AvgIpc) is 3.11. The first-order valence-electron chi connectivity index (χ1n) is 8.18. The van der Waals surface area contributed by atoms with Crippen molar-refractivity contribution < 1.29 is 17.6 Å². The fraction of sp³-hybridized carbons (Fsp3) is 0.158. The summed E-state index contributed by atoms with van der Waals surface area (Å²) >= 11 is 0. The third kappa shape index (κ3) is 4.42. The van der Waals surface area contributed by atoms with E-state index in [-0.39, 0.29) is 17.2 Å². The van der Waals surface area contributed by atoms with Crippen LogP contribution in [0.3, 0.4) is 0 Å². The van der Waals surface area contributed by atoms with E-state index < -0.39 is 10.0 Å². The van der Waals surface area contributed by atoms with E-state index in [2.05, 4.69) is 10.3 Å². The number of carbonyl (C=O) groups excluding carboxylic acids is 1. The molecule has 0 aliphatic rings. The largest absolute Gasteiger partial charge is 0.444 e. The number of rotatable bonds is 6. The zero-order valence-corrected chi connectivity index (χ0v) is 15.7. The molecule has 0 aliphatic carbocycles. The van der Waals surface area contributed by atoms with E-state index in [1.807, 2.05) is 30.3 Å². The standard InChI is InChI=1S/C19H19N3O4S/c1-22(2)27(24,25)17-10-8-15(9-11-17)20-18(23)12-16-13-26-19(21-16)14-6-4-3-5-7-14/h3-11,13H,12H2,1-2H3,(H,20,23).